The van der Waals surface area contributed by atoms with Crippen LogP contribution in [0.25, 0.3) is 11.3 Å². The molecule has 0 amide bonds. The molecular weight excluding hydrogens is 264 g/mol. The number of nitrogens with zero attached hydrogens (tertiary/aromatic N) is 5. The molecule has 0 radical (unpaired) electrons. The molecule has 3 rings (SSSR count). The van der Waals surface area contributed by atoms with Crippen molar-refractivity contribution in [2.24, 2.45) is 0 Å². The summed E-state index contributed by atoms with van der Waals surface area (Å²) in [6.45, 7) is 2.83. The van der Waals surface area contributed by atoms with E-state index < -0.39 is 0 Å². The number of rotatable bonds is 5. The van der Waals surface area contributed by atoms with E-state index in [2.05, 4.69) is 32.3 Å². The first-order valence-corrected chi connectivity index (χ1v) is 6.79. The SMILES string of the molecule is CC(Cn1cccn1)Nc1nccc(-c2cccnc2)n1. The predicted octanol–water partition coefficient (Wildman–Crippen LogP) is 2.24. The molecule has 6 heteroatoms. The molecule has 106 valence electrons. The third-order valence-corrected chi connectivity index (χ3v) is 3.01. The third-order valence-electron chi connectivity index (χ3n) is 3.01. The van der Waals surface area contributed by atoms with Crippen LogP contribution >= 0.6 is 0 Å². The first-order valence-electron chi connectivity index (χ1n) is 6.79. The summed E-state index contributed by atoms with van der Waals surface area (Å²) in [6.07, 6.45) is 8.99. The average Bonchev–Trinajstić information content (AvgIpc) is 3.01. The van der Waals surface area contributed by atoms with Gasteiger partial charge in [0.25, 0.3) is 0 Å². The molecule has 1 N–H and O–H groups in total. The summed E-state index contributed by atoms with van der Waals surface area (Å²) < 4.78 is 1.88. The second kappa shape index (κ2) is 6.13. The number of pyridine rings is 1. The van der Waals surface area contributed by atoms with Crippen molar-refractivity contribution in [2.75, 3.05) is 5.32 Å². The highest BCUT2D eigenvalue weighted by Gasteiger charge is 2.07. The van der Waals surface area contributed by atoms with Gasteiger partial charge in [0.15, 0.2) is 0 Å². The van der Waals surface area contributed by atoms with E-state index in [0.29, 0.717) is 5.95 Å². The van der Waals surface area contributed by atoms with E-state index in [1.54, 1.807) is 24.8 Å². The van der Waals surface area contributed by atoms with E-state index in [1.165, 1.54) is 0 Å². The van der Waals surface area contributed by atoms with E-state index in [0.717, 1.165) is 17.8 Å². The van der Waals surface area contributed by atoms with Gasteiger partial charge >= 0.3 is 0 Å². The quantitative estimate of drug-likeness (QED) is 0.776. The van der Waals surface area contributed by atoms with Crippen molar-refractivity contribution in [1.82, 2.24) is 24.7 Å². The Kier molecular flexibility index (Phi) is 3.86. The highest BCUT2D eigenvalue weighted by atomic mass is 15.3. The summed E-state index contributed by atoms with van der Waals surface area (Å²) in [5, 5.41) is 7.48. The molecule has 0 aliphatic carbocycles. The van der Waals surface area contributed by atoms with Crippen LogP contribution < -0.4 is 5.32 Å². The van der Waals surface area contributed by atoms with Crippen LogP contribution in [0.4, 0.5) is 5.95 Å². The Morgan fingerprint density at radius 3 is 2.90 bits per heavy atom. The summed E-state index contributed by atoms with van der Waals surface area (Å²) in [7, 11) is 0. The molecule has 1 atom stereocenters. The Labute approximate surface area is 122 Å². The van der Waals surface area contributed by atoms with Crippen LogP contribution in [0.3, 0.4) is 0 Å². The van der Waals surface area contributed by atoms with Gasteiger partial charge in [0.05, 0.1) is 12.2 Å². The molecule has 0 aliphatic rings. The number of hydrogen-bond donors (Lipinski definition) is 1. The molecule has 0 aromatic carbocycles. The Morgan fingerprint density at radius 1 is 1.19 bits per heavy atom. The monoisotopic (exact) mass is 280 g/mol. The zero-order chi connectivity index (χ0) is 14.5. The summed E-state index contributed by atoms with van der Waals surface area (Å²) in [6, 6.07) is 7.83. The lowest BCUT2D eigenvalue weighted by atomic mass is 10.2. The topological polar surface area (TPSA) is 68.5 Å². The van der Waals surface area contributed by atoms with E-state index >= 15 is 0 Å². The standard InChI is InChI=1S/C15H16N6/c1-12(11-21-9-3-7-18-21)19-15-17-8-5-14(20-15)13-4-2-6-16-10-13/h2-10,12H,11H2,1H3,(H,17,19,20). The van der Waals surface area contributed by atoms with Crippen LogP contribution in [0.5, 0.6) is 0 Å². The van der Waals surface area contributed by atoms with Crippen LogP contribution in [0.2, 0.25) is 0 Å². The molecule has 0 fully saturated rings. The Hall–Kier alpha value is -2.76. The van der Waals surface area contributed by atoms with Gasteiger partial charge in [0.2, 0.25) is 5.95 Å². The number of nitrogens with one attached hydrogen (secondary N) is 1. The predicted molar refractivity (Wildman–Crippen MR) is 80.6 cm³/mol. The smallest absolute Gasteiger partial charge is 0.223 e. The summed E-state index contributed by atoms with van der Waals surface area (Å²) in [5.74, 6) is 0.607. The highest BCUT2D eigenvalue weighted by molar-refractivity contribution is 5.58. The molecule has 6 nitrogen and oxygen atoms in total. The van der Waals surface area contributed by atoms with Gasteiger partial charge in [-0.3, -0.25) is 9.67 Å². The molecule has 0 aliphatic heterocycles. The summed E-state index contributed by atoms with van der Waals surface area (Å²) in [5.41, 5.74) is 1.83. The minimum Gasteiger partial charge on any atom is -0.350 e. The zero-order valence-electron chi connectivity index (χ0n) is 11.7. The van der Waals surface area contributed by atoms with Crippen molar-refractivity contribution in [2.45, 2.75) is 19.5 Å². The van der Waals surface area contributed by atoms with Gasteiger partial charge in [0.1, 0.15) is 0 Å². The van der Waals surface area contributed by atoms with Gasteiger partial charge in [-0.05, 0) is 31.2 Å². The Morgan fingerprint density at radius 2 is 2.14 bits per heavy atom. The Balaban J connectivity index is 1.71. The maximum atomic E-state index is 4.52. The molecule has 0 bridgehead atoms. The molecule has 0 saturated carbocycles. The van der Waals surface area contributed by atoms with Gasteiger partial charge in [-0.2, -0.15) is 5.10 Å². The van der Waals surface area contributed by atoms with E-state index in [-0.39, 0.29) is 6.04 Å². The molecular formula is C15H16N6. The minimum absolute atomic E-state index is 0.175. The van der Waals surface area contributed by atoms with Crippen molar-refractivity contribution < 1.29 is 0 Å². The van der Waals surface area contributed by atoms with Gasteiger partial charge in [-0.15, -0.1) is 0 Å². The van der Waals surface area contributed by atoms with Gasteiger partial charge < -0.3 is 5.32 Å². The molecule has 0 saturated heterocycles. The van der Waals surface area contributed by atoms with Crippen LogP contribution in [-0.2, 0) is 6.54 Å². The first-order chi connectivity index (χ1) is 10.3. The zero-order valence-corrected chi connectivity index (χ0v) is 11.7. The Bertz CT molecular complexity index is 680. The normalized spacial score (nSPS) is 12.0. The number of anilines is 1. The van der Waals surface area contributed by atoms with Crippen LogP contribution in [0, 0.1) is 0 Å². The third kappa shape index (κ3) is 3.42. The second-order valence-electron chi connectivity index (χ2n) is 4.78. The van der Waals surface area contributed by atoms with Crippen LogP contribution in [0.15, 0.2) is 55.2 Å². The summed E-state index contributed by atoms with van der Waals surface area (Å²) in [4.78, 5) is 12.9. The average molecular weight is 280 g/mol. The van der Waals surface area contributed by atoms with Crippen LogP contribution in [0.1, 0.15) is 6.92 Å². The fraction of sp³-hybridized carbons (Fsp3) is 0.200. The highest BCUT2D eigenvalue weighted by Crippen LogP contribution is 2.16. The van der Waals surface area contributed by atoms with Crippen molar-refractivity contribution >= 4 is 5.95 Å². The first kappa shape index (κ1) is 13.2. The largest absolute Gasteiger partial charge is 0.350 e. The molecule has 21 heavy (non-hydrogen) atoms. The fourth-order valence-corrected chi connectivity index (χ4v) is 2.06. The second-order valence-corrected chi connectivity index (χ2v) is 4.78. The lowest BCUT2D eigenvalue weighted by molar-refractivity contribution is 0.558. The number of hydrogen-bond acceptors (Lipinski definition) is 5. The maximum Gasteiger partial charge on any atom is 0.223 e. The lowest BCUT2D eigenvalue weighted by Gasteiger charge is -2.14. The van der Waals surface area contributed by atoms with E-state index in [4.69, 9.17) is 0 Å². The van der Waals surface area contributed by atoms with Crippen molar-refractivity contribution in [3.8, 4) is 11.3 Å². The van der Waals surface area contributed by atoms with Gasteiger partial charge in [-0.25, -0.2) is 9.97 Å². The molecule has 0 spiro atoms. The molecule has 1 unspecified atom stereocenters. The van der Waals surface area contributed by atoms with Gasteiger partial charge in [-0.1, -0.05) is 0 Å². The van der Waals surface area contributed by atoms with Crippen molar-refractivity contribution in [1.29, 1.82) is 0 Å². The minimum atomic E-state index is 0.175. The van der Waals surface area contributed by atoms with Crippen LogP contribution in [-0.4, -0.2) is 30.8 Å². The van der Waals surface area contributed by atoms with Gasteiger partial charge in [0, 0.05) is 42.6 Å². The molecule has 3 heterocycles. The lowest BCUT2D eigenvalue weighted by Crippen LogP contribution is -2.23. The van der Waals surface area contributed by atoms with Crippen molar-refractivity contribution in [3.63, 3.8) is 0 Å². The fourth-order valence-electron chi connectivity index (χ4n) is 2.06. The molecule has 3 aromatic heterocycles. The molecule has 3 aromatic rings. The van der Waals surface area contributed by atoms with E-state index in [9.17, 15) is 0 Å². The summed E-state index contributed by atoms with van der Waals surface area (Å²) >= 11 is 0. The number of aromatic nitrogens is 5. The van der Waals surface area contributed by atoms with Crippen molar-refractivity contribution in [3.05, 3.63) is 55.2 Å². The maximum absolute atomic E-state index is 4.52. The van der Waals surface area contributed by atoms with E-state index in [1.807, 2.05) is 35.1 Å².